The van der Waals surface area contributed by atoms with Gasteiger partial charge in [0.1, 0.15) is 11.9 Å². The molecule has 1 atom stereocenters. The van der Waals surface area contributed by atoms with E-state index in [9.17, 15) is 14.9 Å². The molecule has 2 heterocycles. The Kier molecular flexibility index (Phi) is 4.32. The zero-order valence-electron chi connectivity index (χ0n) is 11.3. The van der Waals surface area contributed by atoms with Crippen LogP contribution in [0.15, 0.2) is 28.9 Å². The van der Waals surface area contributed by atoms with Crippen LogP contribution in [0.1, 0.15) is 18.7 Å². The molecule has 0 aliphatic heterocycles. The monoisotopic (exact) mass is 353 g/mol. The quantitative estimate of drug-likeness (QED) is 0.671. The van der Waals surface area contributed by atoms with Crippen molar-refractivity contribution in [1.29, 1.82) is 0 Å². The van der Waals surface area contributed by atoms with Gasteiger partial charge in [-0.15, -0.1) is 0 Å². The maximum absolute atomic E-state index is 12.1. The Morgan fingerprint density at radius 2 is 2.24 bits per heavy atom. The average molecular weight is 354 g/mol. The van der Waals surface area contributed by atoms with E-state index in [4.69, 9.17) is 0 Å². The number of aromatic nitrogens is 3. The largest absolute Gasteiger partial charge is 0.390 e. The fourth-order valence-corrected chi connectivity index (χ4v) is 1.98. The lowest BCUT2D eigenvalue weighted by Crippen LogP contribution is -2.25. The molecule has 0 bridgehead atoms. The second-order valence-corrected chi connectivity index (χ2v) is 5.29. The Hall–Kier alpha value is -2.29. The number of nitrogens with one attached hydrogen (secondary N) is 1. The minimum Gasteiger partial charge on any atom is -0.358 e. The molecule has 9 heteroatoms. The first-order valence-electron chi connectivity index (χ1n) is 6.01. The number of hydrogen-bond acceptors (Lipinski definition) is 5. The number of nitro groups is 1. The molecule has 1 unspecified atom stereocenters. The molecule has 0 spiro atoms. The maximum atomic E-state index is 12.1. The van der Waals surface area contributed by atoms with Gasteiger partial charge in [-0.1, -0.05) is 0 Å². The van der Waals surface area contributed by atoms with Crippen LogP contribution >= 0.6 is 15.9 Å². The normalized spacial score (nSPS) is 12.0. The van der Waals surface area contributed by atoms with E-state index in [1.807, 2.05) is 0 Å². The smallest absolute Gasteiger partial charge is 0.358 e. The highest BCUT2D eigenvalue weighted by Gasteiger charge is 2.24. The summed E-state index contributed by atoms with van der Waals surface area (Å²) in [4.78, 5) is 26.3. The van der Waals surface area contributed by atoms with E-state index in [1.54, 1.807) is 32.2 Å². The third kappa shape index (κ3) is 3.43. The van der Waals surface area contributed by atoms with Gasteiger partial charge < -0.3 is 15.4 Å². The highest BCUT2D eigenvalue weighted by atomic mass is 79.9. The molecular weight excluding hydrogens is 342 g/mol. The van der Waals surface area contributed by atoms with Crippen molar-refractivity contribution in [3.05, 3.63) is 44.7 Å². The lowest BCUT2D eigenvalue weighted by molar-refractivity contribution is -0.389. The zero-order valence-corrected chi connectivity index (χ0v) is 12.9. The summed E-state index contributed by atoms with van der Waals surface area (Å²) in [5.41, 5.74) is 0.535. The molecule has 21 heavy (non-hydrogen) atoms. The molecule has 0 aromatic carbocycles. The molecule has 2 aromatic heterocycles. The fraction of sp³-hybridized carbons (Fsp3) is 0.250. The summed E-state index contributed by atoms with van der Waals surface area (Å²) in [6.45, 7) is 3.26. The third-order valence-corrected chi connectivity index (χ3v) is 3.29. The first-order valence-corrected chi connectivity index (χ1v) is 6.80. The van der Waals surface area contributed by atoms with Gasteiger partial charge in [0.25, 0.3) is 5.91 Å². The molecule has 0 aliphatic rings. The molecule has 0 saturated heterocycles. The summed E-state index contributed by atoms with van der Waals surface area (Å²) in [7, 11) is 0. The van der Waals surface area contributed by atoms with Gasteiger partial charge in [-0.2, -0.15) is 4.68 Å². The summed E-state index contributed by atoms with van der Waals surface area (Å²) in [5.74, 6) is -0.241. The second-order valence-electron chi connectivity index (χ2n) is 4.37. The van der Waals surface area contributed by atoms with Gasteiger partial charge in [-0.05, 0) is 46.8 Å². The summed E-state index contributed by atoms with van der Waals surface area (Å²) in [5, 5.41) is 17.1. The lowest BCUT2D eigenvalue weighted by Gasteiger charge is -2.10. The Morgan fingerprint density at radius 1 is 1.52 bits per heavy atom. The lowest BCUT2D eigenvalue weighted by atomic mass is 10.3. The van der Waals surface area contributed by atoms with Gasteiger partial charge in [0, 0.05) is 10.7 Å². The number of hydrogen-bond donors (Lipinski definition) is 1. The van der Waals surface area contributed by atoms with E-state index in [2.05, 4.69) is 31.3 Å². The number of halogens is 1. The molecule has 1 N–H and O–H groups in total. The maximum Gasteiger partial charge on any atom is 0.390 e. The van der Waals surface area contributed by atoms with Crippen molar-refractivity contribution in [2.24, 2.45) is 0 Å². The van der Waals surface area contributed by atoms with Gasteiger partial charge in [-0.25, -0.2) is 4.98 Å². The van der Waals surface area contributed by atoms with Crippen molar-refractivity contribution in [1.82, 2.24) is 14.8 Å². The van der Waals surface area contributed by atoms with Crippen molar-refractivity contribution in [2.45, 2.75) is 19.9 Å². The minimum atomic E-state index is -0.691. The molecule has 8 nitrogen and oxygen atoms in total. The van der Waals surface area contributed by atoms with Crippen LogP contribution in [0.4, 0.5) is 11.6 Å². The van der Waals surface area contributed by atoms with Crippen LogP contribution in [-0.2, 0) is 4.79 Å². The van der Waals surface area contributed by atoms with Crippen LogP contribution in [-0.4, -0.2) is 25.6 Å². The Bertz CT molecular complexity index is 683. The number of carbonyl (C=O) groups is 1. The molecular formula is C12H12BrN5O3. The van der Waals surface area contributed by atoms with E-state index in [0.717, 1.165) is 4.47 Å². The van der Waals surface area contributed by atoms with Crippen LogP contribution in [0, 0.1) is 17.0 Å². The first kappa shape index (κ1) is 15.1. The van der Waals surface area contributed by atoms with E-state index < -0.39 is 11.0 Å². The molecule has 1 amide bonds. The predicted octanol–water partition coefficient (Wildman–Crippen LogP) is 2.46. The van der Waals surface area contributed by atoms with E-state index in [-0.39, 0.29) is 11.7 Å². The number of aryl methyl sites for hydroxylation is 1. The van der Waals surface area contributed by atoms with Crippen molar-refractivity contribution in [3.63, 3.8) is 0 Å². The van der Waals surface area contributed by atoms with Crippen molar-refractivity contribution in [2.75, 3.05) is 5.32 Å². The zero-order chi connectivity index (χ0) is 15.6. The van der Waals surface area contributed by atoms with Crippen molar-refractivity contribution in [3.8, 4) is 0 Å². The Labute approximate surface area is 128 Å². The van der Waals surface area contributed by atoms with Gasteiger partial charge in [0.05, 0.1) is 16.9 Å². The second kappa shape index (κ2) is 6.00. The molecule has 0 aliphatic carbocycles. The SMILES string of the molecule is Cc1cc([N+](=O)[O-])nn1C(C)C(=O)Nc1ccc(Br)cn1. The van der Waals surface area contributed by atoms with E-state index >= 15 is 0 Å². The van der Waals surface area contributed by atoms with E-state index in [0.29, 0.717) is 11.5 Å². The Balaban J connectivity index is 2.15. The van der Waals surface area contributed by atoms with Crippen LogP contribution in [0.3, 0.4) is 0 Å². The first-order chi connectivity index (χ1) is 9.88. The summed E-state index contributed by atoms with van der Waals surface area (Å²) >= 11 is 3.25. The summed E-state index contributed by atoms with van der Waals surface area (Å²) in [6.07, 6.45) is 1.56. The fourth-order valence-electron chi connectivity index (χ4n) is 1.74. The van der Waals surface area contributed by atoms with Gasteiger partial charge >= 0.3 is 5.82 Å². The number of rotatable bonds is 4. The third-order valence-electron chi connectivity index (χ3n) is 2.82. The van der Waals surface area contributed by atoms with Crippen LogP contribution in [0.2, 0.25) is 0 Å². The highest BCUT2D eigenvalue weighted by Crippen LogP contribution is 2.18. The number of nitrogens with zero attached hydrogens (tertiary/aromatic N) is 4. The van der Waals surface area contributed by atoms with Crippen LogP contribution < -0.4 is 5.32 Å². The van der Waals surface area contributed by atoms with Gasteiger partial charge in [-0.3, -0.25) is 4.79 Å². The summed E-state index contributed by atoms with van der Waals surface area (Å²) in [6, 6.07) is 4.02. The van der Waals surface area contributed by atoms with Crippen LogP contribution in [0.25, 0.3) is 0 Å². The van der Waals surface area contributed by atoms with E-state index in [1.165, 1.54) is 10.7 Å². The molecule has 0 radical (unpaired) electrons. The van der Waals surface area contributed by atoms with Crippen LogP contribution in [0.5, 0.6) is 0 Å². The average Bonchev–Trinajstić information content (AvgIpc) is 2.82. The molecule has 2 rings (SSSR count). The number of amides is 1. The molecule has 0 fully saturated rings. The van der Waals surface area contributed by atoms with Crippen molar-refractivity contribution >= 4 is 33.5 Å². The minimum absolute atomic E-state index is 0.283. The molecule has 2 aromatic rings. The number of carbonyl (C=O) groups excluding carboxylic acids is 1. The topological polar surface area (TPSA) is 103 Å². The van der Waals surface area contributed by atoms with Crippen molar-refractivity contribution < 1.29 is 9.72 Å². The highest BCUT2D eigenvalue weighted by molar-refractivity contribution is 9.10. The number of pyridine rings is 1. The molecule has 0 saturated carbocycles. The Morgan fingerprint density at radius 3 is 2.76 bits per heavy atom. The summed E-state index contributed by atoms with van der Waals surface area (Å²) < 4.78 is 2.11. The standard InChI is InChI=1S/C12H12BrN5O3/c1-7-5-11(18(20)21)16-17(7)8(2)12(19)15-10-4-3-9(13)6-14-10/h3-6,8H,1-2H3,(H,14,15,19). The predicted molar refractivity (Wildman–Crippen MR) is 78.9 cm³/mol. The molecule has 110 valence electrons. The van der Waals surface area contributed by atoms with Gasteiger partial charge in [0.2, 0.25) is 0 Å². The number of anilines is 1. The van der Waals surface area contributed by atoms with Gasteiger partial charge in [0.15, 0.2) is 0 Å².